The monoisotopic (exact) mass is 701 g/mol. The number of para-hydroxylation sites is 1. The van der Waals surface area contributed by atoms with E-state index >= 15 is 0 Å². The van der Waals surface area contributed by atoms with Gasteiger partial charge >= 0.3 is 0 Å². The van der Waals surface area contributed by atoms with Gasteiger partial charge in [0.2, 0.25) is 0 Å². The van der Waals surface area contributed by atoms with E-state index in [0.29, 0.717) is 17.5 Å². The summed E-state index contributed by atoms with van der Waals surface area (Å²) >= 11 is 0. The van der Waals surface area contributed by atoms with Crippen LogP contribution in [-0.4, -0.2) is 15.0 Å². The number of benzene rings is 9. The lowest BCUT2D eigenvalue weighted by Crippen LogP contribution is -2.01. The van der Waals surface area contributed by atoms with Gasteiger partial charge in [0, 0.05) is 32.8 Å². The van der Waals surface area contributed by atoms with Gasteiger partial charge in [0.05, 0.1) is 0 Å². The van der Waals surface area contributed by atoms with E-state index < -0.39 is 0 Å². The highest BCUT2D eigenvalue weighted by Gasteiger charge is 2.20. The number of nitrogens with zero attached hydrogens (tertiary/aromatic N) is 3. The van der Waals surface area contributed by atoms with E-state index in [0.717, 1.165) is 66.3 Å². The predicted molar refractivity (Wildman–Crippen MR) is 227 cm³/mol. The third kappa shape index (κ3) is 5.11. The molecule has 2 aromatic heterocycles. The lowest BCUT2D eigenvalue weighted by molar-refractivity contribution is 0.673. The van der Waals surface area contributed by atoms with E-state index in [1.807, 2.05) is 66.7 Å². The van der Waals surface area contributed by atoms with Crippen molar-refractivity contribution in [1.29, 1.82) is 0 Å². The average molecular weight is 702 g/mol. The summed E-state index contributed by atoms with van der Waals surface area (Å²) < 4.78 is 6.63. The Kier molecular flexibility index (Phi) is 7.14. The molecule has 0 N–H and O–H groups in total. The van der Waals surface area contributed by atoms with Crippen molar-refractivity contribution in [3.8, 4) is 56.4 Å². The Labute approximate surface area is 317 Å². The smallest absolute Gasteiger partial charge is 0.164 e. The first-order valence-electron chi connectivity index (χ1n) is 18.5. The largest absolute Gasteiger partial charge is 0.455 e. The molecule has 0 unspecified atom stereocenters. The minimum Gasteiger partial charge on any atom is -0.455 e. The number of rotatable bonds is 5. The van der Waals surface area contributed by atoms with E-state index in [-0.39, 0.29) is 0 Å². The van der Waals surface area contributed by atoms with Crippen LogP contribution in [0.2, 0.25) is 0 Å². The van der Waals surface area contributed by atoms with Crippen LogP contribution in [0.4, 0.5) is 0 Å². The first kappa shape index (κ1) is 31.1. The Morgan fingerprint density at radius 3 is 1.45 bits per heavy atom. The molecule has 55 heavy (non-hydrogen) atoms. The summed E-state index contributed by atoms with van der Waals surface area (Å²) in [7, 11) is 0. The molecule has 0 saturated carbocycles. The standard InChI is InChI=1S/C51H31N3O/c1-3-15-32(16-4-1)49-52-50(33-17-5-2-6-18-33)54-51(53-49)44-25-12-11-22-38(44)36-20-8-7-19-35(36)34-27-28-42-45(31-34)39-23-10-9-21-37(39)41-29-30-43-40-24-13-14-26-46(40)55-48(43)47(41)42/h1-31H. The van der Waals surface area contributed by atoms with E-state index in [1.165, 1.54) is 26.9 Å². The van der Waals surface area contributed by atoms with E-state index in [1.54, 1.807) is 0 Å². The van der Waals surface area contributed by atoms with Crippen LogP contribution < -0.4 is 0 Å². The van der Waals surface area contributed by atoms with Crippen LogP contribution in [0, 0.1) is 0 Å². The van der Waals surface area contributed by atoms with E-state index in [4.69, 9.17) is 19.4 Å². The van der Waals surface area contributed by atoms with Crippen molar-refractivity contribution < 1.29 is 4.42 Å². The summed E-state index contributed by atoms with van der Waals surface area (Å²) in [6, 6.07) is 65.7. The van der Waals surface area contributed by atoms with Crippen LogP contribution in [0.15, 0.2) is 192 Å². The average Bonchev–Trinajstić information content (AvgIpc) is 3.66. The van der Waals surface area contributed by atoms with Crippen LogP contribution in [0.3, 0.4) is 0 Å². The van der Waals surface area contributed by atoms with Gasteiger partial charge < -0.3 is 4.42 Å². The molecule has 0 radical (unpaired) electrons. The molecular weight excluding hydrogens is 671 g/mol. The van der Waals surface area contributed by atoms with Gasteiger partial charge in [0.15, 0.2) is 17.5 Å². The summed E-state index contributed by atoms with van der Waals surface area (Å²) in [5.74, 6) is 1.91. The summed E-state index contributed by atoms with van der Waals surface area (Å²) in [6.07, 6.45) is 0. The second kappa shape index (κ2) is 12.6. The molecule has 9 aromatic carbocycles. The van der Waals surface area contributed by atoms with Gasteiger partial charge in [-0.15, -0.1) is 0 Å². The normalized spacial score (nSPS) is 11.6. The maximum absolute atomic E-state index is 6.63. The lowest BCUT2D eigenvalue weighted by atomic mass is 9.88. The fraction of sp³-hybridized carbons (Fsp3) is 0. The summed E-state index contributed by atoms with van der Waals surface area (Å²) in [6.45, 7) is 0. The van der Waals surface area contributed by atoms with Gasteiger partial charge in [0.25, 0.3) is 0 Å². The quantitative estimate of drug-likeness (QED) is 0.168. The Balaban J connectivity index is 1.13. The molecule has 11 aromatic rings. The third-order valence-electron chi connectivity index (χ3n) is 10.7. The highest BCUT2D eigenvalue weighted by molar-refractivity contribution is 6.32. The zero-order chi connectivity index (χ0) is 36.3. The van der Waals surface area contributed by atoms with Gasteiger partial charge in [-0.25, -0.2) is 15.0 Å². The van der Waals surface area contributed by atoms with E-state index in [9.17, 15) is 0 Å². The van der Waals surface area contributed by atoms with Crippen molar-refractivity contribution in [1.82, 2.24) is 15.0 Å². The Morgan fingerprint density at radius 1 is 0.291 bits per heavy atom. The fourth-order valence-electron chi connectivity index (χ4n) is 8.20. The van der Waals surface area contributed by atoms with Crippen molar-refractivity contribution in [2.24, 2.45) is 0 Å². The highest BCUT2D eigenvalue weighted by Crippen LogP contribution is 2.44. The Hall–Kier alpha value is -7.43. The number of furan rings is 1. The second-order valence-corrected chi connectivity index (χ2v) is 13.9. The molecule has 0 atom stereocenters. The van der Waals surface area contributed by atoms with E-state index in [2.05, 4.69) is 121 Å². The van der Waals surface area contributed by atoms with Crippen molar-refractivity contribution in [3.63, 3.8) is 0 Å². The number of fused-ring (bicyclic) bond motifs is 10. The zero-order valence-corrected chi connectivity index (χ0v) is 29.6. The van der Waals surface area contributed by atoms with Crippen LogP contribution in [0.5, 0.6) is 0 Å². The Morgan fingerprint density at radius 2 is 0.764 bits per heavy atom. The molecule has 0 fully saturated rings. The third-order valence-corrected chi connectivity index (χ3v) is 10.7. The molecule has 0 aliphatic rings. The first-order valence-corrected chi connectivity index (χ1v) is 18.5. The number of hydrogen-bond acceptors (Lipinski definition) is 4. The van der Waals surface area contributed by atoms with Crippen LogP contribution in [-0.2, 0) is 0 Å². The Bertz CT molecular complexity index is 3200. The molecule has 0 spiro atoms. The molecule has 11 rings (SSSR count). The minimum atomic E-state index is 0.629. The highest BCUT2D eigenvalue weighted by atomic mass is 16.3. The van der Waals surface area contributed by atoms with Crippen LogP contribution in [0.25, 0.3) is 111 Å². The van der Waals surface area contributed by atoms with Crippen molar-refractivity contribution in [2.45, 2.75) is 0 Å². The first-order chi connectivity index (χ1) is 27.3. The minimum absolute atomic E-state index is 0.629. The van der Waals surface area contributed by atoms with Crippen molar-refractivity contribution >= 4 is 54.3 Å². The maximum Gasteiger partial charge on any atom is 0.164 e. The summed E-state index contributed by atoms with van der Waals surface area (Å²) in [5.41, 5.74) is 9.07. The molecule has 4 heteroatoms. The van der Waals surface area contributed by atoms with Crippen LogP contribution >= 0.6 is 0 Å². The molecule has 2 heterocycles. The van der Waals surface area contributed by atoms with Gasteiger partial charge in [-0.2, -0.15) is 0 Å². The molecular formula is C51H31N3O. The van der Waals surface area contributed by atoms with Gasteiger partial charge in [-0.3, -0.25) is 0 Å². The van der Waals surface area contributed by atoms with Gasteiger partial charge in [-0.1, -0.05) is 170 Å². The lowest BCUT2D eigenvalue weighted by Gasteiger charge is -2.16. The van der Waals surface area contributed by atoms with Crippen LogP contribution in [0.1, 0.15) is 0 Å². The molecule has 0 saturated heterocycles. The van der Waals surface area contributed by atoms with Crippen molar-refractivity contribution in [3.05, 3.63) is 188 Å². The number of hydrogen-bond donors (Lipinski definition) is 0. The fourth-order valence-corrected chi connectivity index (χ4v) is 8.20. The zero-order valence-electron chi connectivity index (χ0n) is 29.6. The number of aromatic nitrogens is 3. The molecule has 4 nitrogen and oxygen atoms in total. The molecule has 0 bridgehead atoms. The summed E-state index contributed by atoms with van der Waals surface area (Å²) in [5, 5.41) is 9.39. The van der Waals surface area contributed by atoms with Gasteiger partial charge in [0.1, 0.15) is 11.2 Å². The molecule has 0 amide bonds. The predicted octanol–water partition coefficient (Wildman–Crippen LogP) is 13.6. The SMILES string of the molecule is c1ccc(-c2nc(-c3ccccc3)nc(-c3ccccc3-c3ccccc3-c3ccc4c(c3)c3ccccc3c3ccc5c6ccccc6oc5c34)n2)cc1. The second-order valence-electron chi connectivity index (χ2n) is 13.9. The van der Waals surface area contributed by atoms with Gasteiger partial charge in [-0.05, 0) is 67.4 Å². The molecule has 0 aliphatic carbocycles. The molecule has 256 valence electrons. The topological polar surface area (TPSA) is 51.8 Å². The summed E-state index contributed by atoms with van der Waals surface area (Å²) in [4.78, 5) is 15.1. The maximum atomic E-state index is 6.63. The van der Waals surface area contributed by atoms with Crippen molar-refractivity contribution in [2.75, 3.05) is 0 Å². The molecule has 0 aliphatic heterocycles.